The highest BCUT2D eigenvalue weighted by molar-refractivity contribution is 7.87. The van der Waals surface area contributed by atoms with Gasteiger partial charge < -0.3 is 4.74 Å². The van der Waals surface area contributed by atoms with Crippen LogP contribution in [0.1, 0.15) is 5.56 Å². The Morgan fingerprint density at radius 1 is 1.31 bits per heavy atom. The van der Waals surface area contributed by atoms with Gasteiger partial charge in [0.1, 0.15) is 5.75 Å². The average Bonchev–Trinajstić information content (AvgIpc) is 2.15. The molecule has 1 aromatic carbocycles. The van der Waals surface area contributed by atoms with Crippen LogP contribution in [-0.2, 0) is 10.8 Å². The third-order valence-electron chi connectivity index (χ3n) is 1.57. The van der Waals surface area contributed by atoms with Crippen molar-refractivity contribution in [2.24, 2.45) is 0 Å². The van der Waals surface area contributed by atoms with E-state index in [0.717, 1.165) is 11.3 Å². The number of rotatable bonds is 3. The van der Waals surface area contributed by atoms with Crippen molar-refractivity contribution in [2.45, 2.75) is 0 Å². The minimum Gasteiger partial charge on any atom is -0.497 e. The third-order valence-corrected chi connectivity index (χ3v) is 2.09. The van der Waals surface area contributed by atoms with Crippen LogP contribution in [0, 0.1) is 0 Å². The predicted octanol–water partition coefficient (Wildman–Crippen LogP) is 2.04. The van der Waals surface area contributed by atoms with Gasteiger partial charge in [0.15, 0.2) is 0 Å². The zero-order valence-electron chi connectivity index (χ0n) is 7.69. The SMILES string of the molecule is COc1ccc(/C=C\[S@](C)=O)cc1. The lowest BCUT2D eigenvalue weighted by atomic mass is 10.2. The van der Waals surface area contributed by atoms with Crippen LogP contribution in [0.25, 0.3) is 6.08 Å². The summed E-state index contributed by atoms with van der Waals surface area (Å²) in [5, 5.41) is 1.65. The molecule has 0 aliphatic rings. The van der Waals surface area contributed by atoms with E-state index in [2.05, 4.69) is 0 Å². The summed E-state index contributed by atoms with van der Waals surface area (Å²) in [6.07, 6.45) is 3.47. The predicted molar refractivity (Wildman–Crippen MR) is 56.1 cm³/mol. The molecule has 1 atom stereocenters. The van der Waals surface area contributed by atoms with E-state index in [1.165, 1.54) is 0 Å². The first-order valence-electron chi connectivity index (χ1n) is 3.87. The van der Waals surface area contributed by atoms with Crippen molar-refractivity contribution in [3.05, 3.63) is 35.2 Å². The summed E-state index contributed by atoms with van der Waals surface area (Å²) >= 11 is 0. The Kier molecular flexibility index (Phi) is 3.71. The van der Waals surface area contributed by atoms with Gasteiger partial charge in [0.25, 0.3) is 0 Å². The highest BCUT2D eigenvalue weighted by atomic mass is 32.2. The van der Waals surface area contributed by atoms with Gasteiger partial charge in [0, 0.05) is 22.5 Å². The number of hydrogen-bond donors (Lipinski definition) is 0. The van der Waals surface area contributed by atoms with E-state index in [4.69, 9.17) is 4.74 Å². The molecule has 0 bridgehead atoms. The Balaban J connectivity index is 2.75. The monoisotopic (exact) mass is 196 g/mol. The average molecular weight is 196 g/mol. The van der Waals surface area contributed by atoms with E-state index in [1.54, 1.807) is 18.8 Å². The van der Waals surface area contributed by atoms with Crippen LogP contribution in [0.4, 0.5) is 0 Å². The molecule has 3 heteroatoms. The zero-order chi connectivity index (χ0) is 9.68. The molecule has 70 valence electrons. The van der Waals surface area contributed by atoms with E-state index < -0.39 is 10.8 Å². The fourth-order valence-corrected chi connectivity index (χ4v) is 1.24. The highest BCUT2D eigenvalue weighted by Gasteiger charge is 1.89. The summed E-state index contributed by atoms with van der Waals surface area (Å²) in [7, 11) is 0.746. The number of ether oxygens (including phenoxy) is 1. The third kappa shape index (κ3) is 3.42. The number of hydrogen-bond acceptors (Lipinski definition) is 2. The van der Waals surface area contributed by atoms with Crippen LogP contribution in [0.3, 0.4) is 0 Å². The summed E-state index contributed by atoms with van der Waals surface area (Å²) < 4.78 is 15.8. The second kappa shape index (κ2) is 4.82. The molecule has 0 fully saturated rings. The minimum atomic E-state index is -0.885. The van der Waals surface area contributed by atoms with Gasteiger partial charge in [-0.25, -0.2) is 0 Å². The lowest BCUT2D eigenvalue weighted by Gasteiger charge is -1.98. The van der Waals surface area contributed by atoms with Crippen molar-refractivity contribution in [3.63, 3.8) is 0 Å². The Morgan fingerprint density at radius 2 is 1.92 bits per heavy atom. The summed E-state index contributed by atoms with van der Waals surface area (Å²) in [6.45, 7) is 0. The van der Waals surface area contributed by atoms with Gasteiger partial charge in [-0.1, -0.05) is 12.1 Å². The van der Waals surface area contributed by atoms with E-state index >= 15 is 0 Å². The summed E-state index contributed by atoms with van der Waals surface area (Å²) in [5.41, 5.74) is 1.02. The minimum absolute atomic E-state index is 0.828. The Morgan fingerprint density at radius 3 is 2.38 bits per heavy atom. The Hall–Kier alpha value is -1.09. The molecule has 0 spiro atoms. The van der Waals surface area contributed by atoms with Gasteiger partial charge in [0.2, 0.25) is 0 Å². The van der Waals surface area contributed by atoms with Crippen LogP contribution >= 0.6 is 0 Å². The molecule has 0 aromatic heterocycles. The van der Waals surface area contributed by atoms with Crippen LogP contribution in [0.5, 0.6) is 5.75 Å². The molecule has 1 rings (SSSR count). The summed E-state index contributed by atoms with van der Waals surface area (Å²) in [6, 6.07) is 7.58. The maximum atomic E-state index is 10.7. The standard InChI is InChI=1S/C10H12O2S/c1-12-10-5-3-9(4-6-10)7-8-13(2)11/h3-8H,1-2H3/b8-7-/t13-/m0/s1. The van der Waals surface area contributed by atoms with E-state index in [9.17, 15) is 4.21 Å². The lowest BCUT2D eigenvalue weighted by molar-refractivity contribution is 0.415. The van der Waals surface area contributed by atoms with Crippen molar-refractivity contribution >= 4 is 16.9 Å². The molecule has 0 heterocycles. The fraction of sp³-hybridized carbons (Fsp3) is 0.200. The molecule has 0 saturated carbocycles. The second-order valence-corrected chi connectivity index (χ2v) is 3.84. The van der Waals surface area contributed by atoms with Crippen molar-refractivity contribution in [1.29, 1.82) is 0 Å². The second-order valence-electron chi connectivity index (χ2n) is 2.57. The molecule has 0 N–H and O–H groups in total. The number of methoxy groups -OCH3 is 1. The van der Waals surface area contributed by atoms with Crippen LogP contribution in [0.15, 0.2) is 29.7 Å². The van der Waals surface area contributed by atoms with Crippen molar-refractivity contribution in [3.8, 4) is 5.75 Å². The maximum absolute atomic E-state index is 10.7. The molecule has 2 nitrogen and oxygen atoms in total. The van der Waals surface area contributed by atoms with E-state index in [1.807, 2.05) is 30.3 Å². The molecule has 0 aliphatic carbocycles. The van der Waals surface area contributed by atoms with Gasteiger partial charge in [-0.15, -0.1) is 0 Å². The first kappa shape index (κ1) is 9.99. The van der Waals surface area contributed by atoms with Crippen molar-refractivity contribution in [2.75, 3.05) is 13.4 Å². The highest BCUT2D eigenvalue weighted by Crippen LogP contribution is 2.12. The quantitative estimate of drug-likeness (QED) is 0.739. The molecular weight excluding hydrogens is 184 g/mol. The molecule has 0 unspecified atom stereocenters. The molecule has 1 aromatic rings. The van der Waals surface area contributed by atoms with Gasteiger partial charge >= 0.3 is 0 Å². The topological polar surface area (TPSA) is 26.3 Å². The van der Waals surface area contributed by atoms with Crippen LogP contribution in [0.2, 0.25) is 0 Å². The maximum Gasteiger partial charge on any atom is 0.118 e. The van der Waals surface area contributed by atoms with E-state index in [0.29, 0.717) is 0 Å². The Bertz CT molecular complexity index is 314. The van der Waals surface area contributed by atoms with Crippen LogP contribution < -0.4 is 4.74 Å². The van der Waals surface area contributed by atoms with Crippen molar-refractivity contribution < 1.29 is 8.95 Å². The van der Waals surface area contributed by atoms with Gasteiger partial charge in [-0.2, -0.15) is 0 Å². The zero-order valence-corrected chi connectivity index (χ0v) is 8.51. The first-order chi connectivity index (χ1) is 6.22. The summed E-state index contributed by atoms with van der Waals surface area (Å²) in [5.74, 6) is 0.828. The molecular formula is C10H12O2S. The van der Waals surface area contributed by atoms with Gasteiger partial charge in [-0.3, -0.25) is 4.21 Å². The molecule has 13 heavy (non-hydrogen) atoms. The number of benzene rings is 1. The van der Waals surface area contributed by atoms with Gasteiger partial charge in [0.05, 0.1) is 7.11 Å². The van der Waals surface area contributed by atoms with Crippen LogP contribution in [-0.4, -0.2) is 17.6 Å². The largest absolute Gasteiger partial charge is 0.497 e. The van der Waals surface area contributed by atoms with Gasteiger partial charge in [-0.05, 0) is 23.8 Å². The molecule has 0 amide bonds. The summed E-state index contributed by atoms with van der Waals surface area (Å²) in [4.78, 5) is 0. The first-order valence-corrected chi connectivity index (χ1v) is 5.49. The Labute approximate surface area is 80.7 Å². The van der Waals surface area contributed by atoms with E-state index in [-0.39, 0.29) is 0 Å². The lowest BCUT2D eigenvalue weighted by Crippen LogP contribution is -1.81. The fourth-order valence-electron chi connectivity index (χ4n) is 0.889. The molecule has 0 aliphatic heterocycles. The normalized spacial score (nSPS) is 13.1. The molecule has 0 saturated heterocycles. The molecule has 0 radical (unpaired) electrons. The smallest absolute Gasteiger partial charge is 0.118 e. The van der Waals surface area contributed by atoms with Crippen molar-refractivity contribution in [1.82, 2.24) is 0 Å².